The van der Waals surface area contributed by atoms with Crippen LogP contribution in [0.15, 0.2) is 30.5 Å². The summed E-state index contributed by atoms with van der Waals surface area (Å²) in [5.74, 6) is -1.68. The van der Waals surface area contributed by atoms with Crippen molar-refractivity contribution in [2.45, 2.75) is 32.2 Å². The monoisotopic (exact) mass is 347 g/mol. The fraction of sp³-hybridized carbons (Fsp3) is 0.353. The molecule has 0 radical (unpaired) electrons. The van der Waals surface area contributed by atoms with Crippen molar-refractivity contribution < 1.29 is 14.7 Å². The van der Waals surface area contributed by atoms with E-state index in [1.807, 2.05) is 18.2 Å². The Morgan fingerprint density at radius 1 is 1.33 bits per heavy atom. The maximum Gasteiger partial charge on any atom is 0.308 e. The van der Waals surface area contributed by atoms with Crippen LogP contribution < -0.4 is 5.32 Å². The smallest absolute Gasteiger partial charge is 0.308 e. The second-order valence-electron chi connectivity index (χ2n) is 5.96. The van der Waals surface area contributed by atoms with E-state index in [1.54, 1.807) is 17.7 Å². The Morgan fingerprint density at radius 2 is 2.08 bits per heavy atom. The molecule has 1 amide bonds. The molecule has 1 saturated carbocycles. The van der Waals surface area contributed by atoms with Gasteiger partial charge in [0.2, 0.25) is 0 Å². The summed E-state index contributed by atoms with van der Waals surface area (Å²) in [6, 6.07) is 6.91. The van der Waals surface area contributed by atoms with Gasteiger partial charge in [0.25, 0.3) is 5.91 Å². The number of carbonyl (C=O) groups excluding carboxylic acids is 1. The van der Waals surface area contributed by atoms with Gasteiger partial charge in [0.1, 0.15) is 0 Å². The number of rotatable bonds is 4. The summed E-state index contributed by atoms with van der Waals surface area (Å²) in [4.78, 5) is 23.8. The van der Waals surface area contributed by atoms with Crippen molar-refractivity contribution in [1.82, 2.24) is 15.1 Å². The van der Waals surface area contributed by atoms with Crippen LogP contribution in [0.2, 0.25) is 5.02 Å². The van der Waals surface area contributed by atoms with Gasteiger partial charge in [-0.3, -0.25) is 9.59 Å². The molecular weight excluding hydrogens is 330 g/mol. The first kappa shape index (κ1) is 16.5. The van der Waals surface area contributed by atoms with Crippen LogP contribution in [0.1, 0.15) is 35.3 Å². The van der Waals surface area contributed by atoms with Crippen LogP contribution in [-0.4, -0.2) is 32.8 Å². The Kier molecular flexibility index (Phi) is 4.57. The number of hydrogen-bond donors (Lipinski definition) is 2. The number of aromatic nitrogens is 2. The van der Waals surface area contributed by atoms with Crippen LogP contribution in [-0.2, 0) is 4.79 Å². The van der Waals surface area contributed by atoms with Crippen molar-refractivity contribution in [3.8, 4) is 5.69 Å². The lowest BCUT2D eigenvalue weighted by Gasteiger charge is -2.17. The van der Waals surface area contributed by atoms with E-state index in [-0.39, 0.29) is 11.9 Å². The van der Waals surface area contributed by atoms with Crippen molar-refractivity contribution in [2.24, 2.45) is 5.92 Å². The average Bonchev–Trinajstić information content (AvgIpc) is 3.14. The minimum Gasteiger partial charge on any atom is -0.481 e. The first-order chi connectivity index (χ1) is 11.5. The molecule has 1 fully saturated rings. The van der Waals surface area contributed by atoms with Crippen molar-refractivity contribution in [3.63, 3.8) is 0 Å². The van der Waals surface area contributed by atoms with Gasteiger partial charge in [-0.25, -0.2) is 4.68 Å². The summed E-state index contributed by atoms with van der Waals surface area (Å²) >= 11 is 6.18. The maximum atomic E-state index is 12.5. The fourth-order valence-corrected chi connectivity index (χ4v) is 3.39. The van der Waals surface area contributed by atoms with E-state index in [2.05, 4.69) is 10.4 Å². The van der Waals surface area contributed by atoms with Gasteiger partial charge in [-0.2, -0.15) is 5.10 Å². The molecule has 24 heavy (non-hydrogen) atoms. The summed E-state index contributed by atoms with van der Waals surface area (Å²) in [6.45, 7) is 1.79. The maximum absolute atomic E-state index is 12.5. The zero-order valence-electron chi connectivity index (χ0n) is 13.2. The van der Waals surface area contributed by atoms with Gasteiger partial charge in [-0.15, -0.1) is 0 Å². The highest BCUT2D eigenvalue weighted by Gasteiger charge is 2.34. The highest BCUT2D eigenvalue weighted by atomic mass is 35.5. The van der Waals surface area contributed by atoms with Gasteiger partial charge >= 0.3 is 5.97 Å². The third-order valence-electron chi connectivity index (χ3n) is 4.48. The molecular formula is C17H18ClN3O3. The summed E-state index contributed by atoms with van der Waals surface area (Å²) in [5.41, 5.74) is 1.77. The second-order valence-corrected chi connectivity index (χ2v) is 6.37. The number of halogens is 1. The molecule has 6 nitrogen and oxygen atoms in total. The summed E-state index contributed by atoms with van der Waals surface area (Å²) in [5, 5.41) is 16.9. The Balaban J connectivity index is 1.82. The predicted octanol–water partition coefficient (Wildman–Crippen LogP) is 2.82. The number of para-hydroxylation sites is 1. The highest BCUT2D eigenvalue weighted by Crippen LogP contribution is 2.27. The topological polar surface area (TPSA) is 84.2 Å². The molecule has 126 valence electrons. The average molecular weight is 348 g/mol. The number of nitrogens with one attached hydrogen (secondary N) is 1. The van der Waals surface area contributed by atoms with Gasteiger partial charge in [0.05, 0.1) is 34.1 Å². The normalized spacial score (nSPS) is 20.1. The van der Waals surface area contributed by atoms with E-state index in [0.29, 0.717) is 34.8 Å². The number of nitrogens with zero attached hydrogens (tertiary/aromatic N) is 2. The molecule has 1 aromatic carbocycles. The number of carbonyl (C=O) groups is 2. The van der Waals surface area contributed by atoms with E-state index in [1.165, 1.54) is 6.20 Å². The van der Waals surface area contributed by atoms with Crippen LogP contribution >= 0.6 is 11.6 Å². The molecule has 2 N–H and O–H groups in total. The quantitative estimate of drug-likeness (QED) is 0.890. The first-order valence-electron chi connectivity index (χ1n) is 7.82. The van der Waals surface area contributed by atoms with E-state index in [0.717, 1.165) is 6.42 Å². The van der Waals surface area contributed by atoms with E-state index >= 15 is 0 Å². The third kappa shape index (κ3) is 3.01. The molecule has 1 aromatic heterocycles. The number of amides is 1. The lowest BCUT2D eigenvalue weighted by atomic mass is 10.0. The molecule has 0 saturated heterocycles. The van der Waals surface area contributed by atoms with Crippen LogP contribution in [0.3, 0.4) is 0 Å². The molecule has 0 spiro atoms. The van der Waals surface area contributed by atoms with Crippen LogP contribution in [0.5, 0.6) is 0 Å². The number of carboxylic acid groups (broad SMARTS) is 1. The third-order valence-corrected chi connectivity index (χ3v) is 4.80. The Morgan fingerprint density at radius 3 is 2.79 bits per heavy atom. The molecule has 3 rings (SSSR count). The Hall–Kier alpha value is -2.34. The molecule has 1 aliphatic rings. The largest absolute Gasteiger partial charge is 0.481 e. The van der Waals surface area contributed by atoms with E-state index in [9.17, 15) is 14.7 Å². The Bertz CT molecular complexity index is 787. The Labute approximate surface area is 144 Å². The fourth-order valence-electron chi connectivity index (χ4n) is 3.17. The molecule has 2 aromatic rings. The summed E-state index contributed by atoms with van der Waals surface area (Å²) in [7, 11) is 0. The number of benzene rings is 1. The standard InChI is InChI=1S/C17H18ClN3O3/c1-10-12(9-19-21(10)15-8-3-2-6-13(15)18)16(22)20-14-7-4-5-11(14)17(23)24/h2-3,6,8-9,11,14H,4-5,7H2,1H3,(H,20,22)(H,23,24)/t11-,14+/m0/s1. The minimum absolute atomic E-state index is 0.302. The van der Waals surface area contributed by atoms with E-state index in [4.69, 9.17) is 11.6 Å². The number of aliphatic carboxylic acids is 1. The molecule has 2 atom stereocenters. The zero-order chi connectivity index (χ0) is 17.3. The van der Waals surface area contributed by atoms with Crippen molar-refractivity contribution in [3.05, 3.63) is 46.7 Å². The van der Waals surface area contributed by atoms with Gasteiger partial charge < -0.3 is 10.4 Å². The summed E-state index contributed by atoms with van der Waals surface area (Å²) < 4.78 is 1.61. The minimum atomic E-state index is -0.860. The van der Waals surface area contributed by atoms with Gasteiger partial charge in [-0.1, -0.05) is 30.2 Å². The number of hydrogen-bond acceptors (Lipinski definition) is 3. The molecule has 0 unspecified atom stereocenters. The lowest BCUT2D eigenvalue weighted by molar-refractivity contribution is -0.142. The second kappa shape index (κ2) is 6.65. The van der Waals surface area contributed by atoms with Gasteiger partial charge in [0.15, 0.2) is 0 Å². The SMILES string of the molecule is Cc1c(C(=O)N[C@@H]2CCC[C@@H]2C(=O)O)cnn1-c1ccccc1Cl. The molecule has 1 aliphatic carbocycles. The molecule has 7 heteroatoms. The summed E-state index contributed by atoms with van der Waals surface area (Å²) in [6.07, 6.45) is 3.57. The van der Waals surface area contributed by atoms with Crippen LogP contribution in [0, 0.1) is 12.8 Å². The van der Waals surface area contributed by atoms with Crippen LogP contribution in [0.4, 0.5) is 0 Å². The lowest BCUT2D eigenvalue weighted by Crippen LogP contribution is -2.40. The van der Waals surface area contributed by atoms with Gasteiger partial charge in [0, 0.05) is 6.04 Å². The van der Waals surface area contributed by atoms with Gasteiger partial charge in [-0.05, 0) is 31.9 Å². The first-order valence-corrected chi connectivity index (χ1v) is 8.20. The van der Waals surface area contributed by atoms with E-state index < -0.39 is 11.9 Å². The number of carboxylic acids is 1. The van der Waals surface area contributed by atoms with Crippen molar-refractivity contribution in [2.75, 3.05) is 0 Å². The molecule has 0 bridgehead atoms. The van der Waals surface area contributed by atoms with Crippen molar-refractivity contribution >= 4 is 23.5 Å². The van der Waals surface area contributed by atoms with Crippen molar-refractivity contribution in [1.29, 1.82) is 0 Å². The molecule has 1 heterocycles. The molecule has 0 aliphatic heterocycles. The van der Waals surface area contributed by atoms with Crippen LogP contribution in [0.25, 0.3) is 5.69 Å². The predicted molar refractivity (Wildman–Crippen MR) is 89.5 cm³/mol. The zero-order valence-corrected chi connectivity index (χ0v) is 14.0. The highest BCUT2D eigenvalue weighted by molar-refractivity contribution is 6.32.